The van der Waals surface area contributed by atoms with E-state index in [1.165, 1.54) is 0 Å². The van der Waals surface area contributed by atoms with Crippen LogP contribution in [0.5, 0.6) is 0 Å². The molecule has 0 bridgehead atoms. The van der Waals surface area contributed by atoms with Crippen LogP contribution < -0.4 is 5.73 Å². The largest absolute Gasteiger partial charge is 0.369 e. The Bertz CT molecular complexity index is 237. The number of primary amides is 1. The SMILES string of the molecule is CC(=O)N1CC2CC(C(N)=O)CC2C1. The predicted molar refractivity (Wildman–Crippen MR) is 51.2 cm³/mol. The molecule has 14 heavy (non-hydrogen) atoms. The highest BCUT2D eigenvalue weighted by Gasteiger charge is 2.43. The zero-order chi connectivity index (χ0) is 10.3. The Morgan fingerprint density at radius 3 is 2.07 bits per heavy atom. The molecule has 0 aromatic carbocycles. The van der Waals surface area contributed by atoms with E-state index in [1.807, 2.05) is 4.90 Å². The van der Waals surface area contributed by atoms with Crippen molar-refractivity contribution in [2.24, 2.45) is 23.5 Å². The summed E-state index contributed by atoms with van der Waals surface area (Å²) < 4.78 is 0. The molecule has 2 fully saturated rings. The van der Waals surface area contributed by atoms with Crippen molar-refractivity contribution in [3.63, 3.8) is 0 Å². The van der Waals surface area contributed by atoms with Crippen molar-refractivity contribution in [1.29, 1.82) is 0 Å². The Hall–Kier alpha value is -1.06. The molecule has 1 saturated heterocycles. The van der Waals surface area contributed by atoms with E-state index in [-0.39, 0.29) is 17.7 Å². The number of fused-ring (bicyclic) bond motifs is 1. The first kappa shape index (κ1) is 9.49. The molecule has 4 heteroatoms. The number of nitrogens with two attached hydrogens (primary N) is 1. The van der Waals surface area contributed by atoms with Crippen LogP contribution in [0.25, 0.3) is 0 Å². The van der Waals surface area contributed by atoms with Crippen LogP contribution >= 0.6 is 0 Å². The maximum atomic E-state index is 11.1. The lowest BCUT2D eigenvalue weighted by atomic mass is 10.0. The maximum Gasteiger partial charge on any atom is 0.220 e. The van der Waals surface area contributed by atoms with Gasteiger partial charge in [0.05, 0.1) is 0 Å². The third-order valence-corrected chi connectivity index (χ3v) is 3.60. The summed E-state index contributed by atoms with van der Waals surface area (Å²) in [5, 5.41) is 0. The smallest absolute Gasteiger partial charge is 0.220 e. The second kappa shape index (κ2) is 3.26. The van der Waals surface area contributed by atoms with Gasteiger partial charge in [-0.05, 0) is 24.7 Å². The predicted octanol–water partition coefficient (Wildman–Crippen LogP) is -0.0238. The Kier molecular flexibility index (Phi) is 2.21. The molecule has 0 aromatic rings. The monoisotopic (exact) mass is 196 g/mol. The number of carbonyl (C=O) groups excluding carboxylic acids is 2. The molecule has 2 N–H and O–H groups in total. The average molecular weight is 196 g/mol. The summed E-state index contributed by atoms with van der Waals surface area (Å²) in [6, 6.07) is 0. The molecule has 0 radical (unpaired) electrons. The number of rotatable bonds is 1. The van der Waals surface area contributed by atoms with Crippen molar-refractivity contribution in [3.05, 3.63) is 0 Å². The second-order valence-electron chi connectivity index (χ2n) is 4.51. The lowest BCUT2D eigenvalue weighted by molar-refractivity contribution is -0.128. The molecule has 2 rings (SSSR count). The standard InChI is InChI=1S/C10H16N2O2/c1-6(13)12-4-8-2-7(10(11)14)3-9(8)5-12/h7-9H,2-5H2,1H3,(H2,11,14). The van der Waals surface area contributed by atoms with Crippen molar-refractivity contribution in [2.75, 3.05) is 13.1 Å². The quantitative estimate of drug-likeness (QED) is 0.640. The van der Waals surface area contributed by atoms with Crippen LogP contribution in [-0.4, -0.2) is 29.8 Å². The maximum absolute atomic E-state index is 11.1. The van der Waals surface area contributed by atoms with Gasteiger partial charge in [0, 0.05) is 25.9 Å². The number of hydrogen-bond acceptors (Lipinski definition) is 2. The highest BCUT2D eigenvalue weighted by atomic mass is 16.2. The minimum absolute atomic E-state index is 0.0547. The molecule has 2 amide bonds. The van der Waals surface area contributed by atoms with Crippen LogP contribution in [0.2, 0.25) is 0 Å². The zero-order valence-corrected chi connectivity index (χ0v) is 8.40. The molecular formula is C10H16N2O2. The molecule has 0 aromatic heterocycles. The Labute approximate surface area is 83.4 Å². The number of hydrogen-bond donors (Lipinski definition) is 1. The van der Waals surface area contributed by atoms with E-state index in [9.17, 15) is 9.59 Å². The number of nitrogens with zero attached hydrogens (tertiary/aromatic N) is 1. The molecule has 2 atom stereocenters. The summed E-state index contributed by atoms with van der Waals surface area (Å²) in [7, 11) is 0. The van der Waals surface area contributed by atoms with E-state index in [0.717, 1.165) is 25.9 Å². The number of likely N-dealkylation sites (tertiary alicyclic amines) is 1. The minimum atomic E-state index is -0.172. The van der Waals surface area contributed by atoms with E-state index in [2.05, 4.69) is 0 Å². The molecule has 78 valence electrons. The van der Waals surface area contributed by atoms with Crippen LogP contribution in [0.3, 0.4) is 0 Å². The van der Waals surface area contributed by atoms with Gasteiger partial charge in [-0.25, -0.2) is 0 Å². The van der Waals surface area contributed by atoms with Gasteiger partial charge < -0.3 is 10.6 Å². The summed E-state index contributed by atoms with van der Waals surface area (Å²) in [5.74, 6) is 1.05. The van der Waals surface area contributed by atoms with E-state index in [0.29, 0.717) is 11.8 Å². The molecule has 2 unspecified atom stereocenters. The van der Waals surface area contributed by atoms with Gasteiger partial charge in [-0.2, -0.15) is 0 Å². The summed E-state index contributed by atoms with van der Waals surface area (Å²) in [4.78, 5) is 24.0. The van der Waals surface area contributed by atoms with Gasteiger partial charge >= 0.3 is 0 Å². The van der Waals surface area contributed by atoms with Crippen LogP contribution in [-0.2, 0) is 9.59 Å². The molecule has 1 saturated carbocycles. The highest BCUT2D eigenvalue weighted by Crippen LogP contribution is 2.41. The van der Waals surface area contributed by atoms with E-state index < -0.39 is 0 Å². The van der Waals surface area contributed by atoms with Crippen LogP contribution in [0.15, 0.2) is 0 Å². The summed E-state index contributed by atoms with van der Waals surface area (Å²) >= 11 is 0. The van der Waals surface area contributed by atoms with E-state index >= 15 is 0 Å². The molecule has 0 spiro atoms. The summed E-state index contributed by atoms with van der Waals surface area (Å²) in [5.41, 5.74) is 5.28. The first-order chi connectivity index (χ1) is 6.58. The summed E-state index contributed by atoms with van der Waals surface area (Å²) in [6.07, 6.45) is 1.76. The fourth-order valence-corrected chi connectivity index (χ4v) is 2.79. The van der Waals surface area contributed by atoms with Crippen LogP contribution in [0.4, 0.5) is 0 Å². The fourth-order valence-electron chi connectivity index (χ4n) is 2.79. The van der Waals surface area contributed by atoms with Crippen molar-refractivity contribution < 1.29 is 9.59 Å². The van der Waals surface area contributed by atoms with Crippen molar-refractivity contribution in [3.8, 4) is 0 Å². The molecule has 1 heterocycles. The topological polar surface area (TPSA) is 63.4 Å². The lowest BCUT2D eigenvalue weighted by Crippen LogP contribution is -2.29. The second-order valence-corrected chi connectivity index (χ2v) is 4.51. The number of carbonyl (C=O) groups is 2. The zero-order valence-electron chi connectivity index (χ0n) is 8.40. The van der Waals surface area contributed by atoms with E-state index in [1.54, 1.807) is 6.92 Å². The lowest BCUT2D eigenvalue weighted by Gasteiger charge is -2.15. The van der Waals surface area contributed by atoms with Gasteiger partial charge in [0.25, 0.3) is 0 Å². The van der Waals surface area contributed by atoms with Crippen LogP contribution in [0, 0.1) is 17.8 Å². The van der Waals surface area contributed by atoms with Crippen molar-refractivity contribution in [1.82, 2.24) is 4.90 Å². The molecule has 4 nitrogen and oxygen atoms in total. The van der Waals surface area contributed by atoms with Crippen molar-refractivity contribution >= 4 is 11.8 Å². The molecule has 1 aliphatic carbocycles. The van der Waals surface area contributed by atoms with Gasteiger partial charge in [0.15, 0.2) is 0 Å². The van der Waals surface area contributed by atoms with Crippen molar-refractivity contribution in [2.45, 2.75) is 19.8 Å². The first-order valence-corrected chi connectivity index (χ1v) is 5.12. The van der Waals surface area contributed by atoms with Gasteiger partial charge in [-0.3, -0.25) is 9.59 Å². The third-order valence-electron chi connectivity index (χ3n) is 3.60. The Balaban J connectivity index is 1.96. The van der Waals surface area contributed by atoms with Gasteiger partial charge in [-0.1, -0.05) is 0 Å². The Morgan fingerprint density at radius 1 is 1.21 bits per heavy atom. The normalized spacial score (nSPS) is 35.8. The molecule has 1 aliphatic heterocycles. The molecule has 2 aliphatic rings. The molecular weight excluding hydrogens is 180 g/mol. The third kappa shape index (κ3) is 1.49. The van der Waals surface area contributed by atoms with Gasteiger partial charge in [0.1, 0.15) is 0 Å². The highest BCUT2D eigenvalue weighted by molar-refractivity contribution is 5.77. The first-order valence-electron chi connectivity index (χ1n) is 5.12. The minimum Gasteiger partial charge on any atom is -0.369 e. The summed E-state index contributed by atoms with van der Waals surface area (Å²) in [6.45, 7) is 3.25. The van der Waals surface area contributed by atoms with Crippen LogP contribution in [0.1, 0.15) is 19.8 Å². The van der Waals surface area contributed by atoms with Gasteiger partial charge in [-0.15, -0.1) is 0 Å². The fraction of sp³-hybridized carbons (Fsp3) is 0.800. The van der Waals surface area contributed by atoms with E-state index in [4.69, 9.17) is 5.73 Å². The average Bonchev–Trinajstić information content (AvgIpc) is 2.57. The number of amides is 2. The van der Waals surface area contributed by atoms with Gasteiger partial charge in [0.2, 0.25) is 11.8 Å². The Morgan fingerprint density at radius 2 is 1.71 bits per heavy atom.